The summed E-state index contributed by atoms with van der Waals surface area (Å²) in [5.74, 6) is 0.0931. The fraction of sp³-hybridized carbons (Fsp3) is 0.474. The van der Waals surface area contributed by atoms with Crippen LogP contribution in [0.15, 0.2) is 42.6 Å². The monoisotopic (exact) mass is 342 g/mol. The molecule has 1 aromatic carbocycles. The molecule has 0 saturated carbocycles. The van der Waals surface area contributed by atoms with E-state index in [1.165, 1.54) is 5.56 Å². The maximum absolute atomic E-state index is 11.9. The molecule has 1 aromatic heterocycles. The number of carbonyl (C=O) groups excluding carboxylic acids is 1. The molecular formula is C19H26N4O2. The summed E-state index contributed by atoms with van der Waals surface area (Å²) >= 11 is 0. The van der Waals surface area contributed by atoms with Crippen molar-refractivity contribution in [3.05, 3.63) is 53.9 Å². The number of piperidine rings is 1. The largest absolute Gasteiger partial charge is 0.383 e. The van der Waals surface area contributed by atoms with Gasteiger partial charge >= 0.3 is 0 Å². The number of aryl methyl sites for hydroxylation is 1. The van der Waals surface area contributed by atoms with E-state index in [1.54, 1.807) is 13.3 Å². The molecule has 0 aliphatic carbocycles. The lowest BCUT2D eigenvalue weighted by molar-refractivity contribution is -0.124. The van der Waals surface area contributed by atoms with Crippen LogP contribution in [0.3, 0.4) is 0 Å². The molecule has 1 amide bonds. The lowest BCUT2D eigenvalue weighted by atomic mass is 9.93. The predicted octanol–water partition coefficient (Wildman–Crippen LogP) is 1.59. The van der Waals surface area contributed by atoms with E-state index in [9.17, 15) is 4.79 Å². The maximum Gasteiger partial charge on any atom is 0.220 e. The summed E-state index contributed by atoms with van der Waals surface area (Å²) < 4.78 is 7.25. The molecule has 1 fully saturated rings. The van der Waals surface area contributed by atoms with Gasteiger partial charge in [-0.15, -0.1) is 0 Å². The SMILES string of the molecule is COC[C@@H](Cc1ccccc1)N[C@@H]1CCC(=O)N[C@H]1c1ccnn1C. The van der Waals surface area contributed by atoms with Crippen molar-refractivity contribution in [1.82, 2.24) is 20.4 Å². The Bertz CT molecular complexity index is 686. The quantitative estimate of drug-likeness (QED) is 0.802. The summed E-state index contributed by atoms with van der Waals surface area (Å²) in [6, 6.07) is 12.6. The Kier molecular flexibility index (Phi) is 5.83. The lowest BCUT2D eigenvalue weighted by Crippen LogP contribution is -2.53. The maximum atomic E-state index is 11.9. The Morgan fingerprint density at radius 3 is 2.84 bits per heavy atom. The number of ether oxygens (including phenoxy) is 1. The third-order valence-corrected chi connectivity index (χ3v) is 4.72. The first-order valence-corrected chi connectivity index (χ1v) is 8.73. The van der Waals surface area contributed by atoms with Crippen molar-refractivity contribution in [3.8, 4) is 0 Å². The van der Waals surface area contributed by atoms with Gasteiger partial charge in [0.1, 0.15) is 0 Å². The summed E-state index contributed by atoms with van der Waals surface area (Å²) in [5, 5.41) is 11.1. The van der Waals surface area contributed by atoms with Crippen LogP contribution in [0.4, 0.5) is 0 Å². The number of rotatable bonds is 7. The molecule has 3 rings (SSSR count). The molecular weight excluding hydrogens is 316 g/mol. The number of amides is 1. The second-order valence-electron chi connectivity index (χ2n) is 6.58. The topological polar surface area (TPSA) is 68.2 Å². The average molecular weight is 342 g/mol. The summed E-state index contributed by atoms with van der Waals surface area (Å²) in [7, 11) is 3.63. The van der Waals surface area contributed by atoms with E-state index >= 15 is 0 Å². The van der Waals surface area contributed by atoms with E-state index in [2.05, 4.69) is 40.0 Å². The van der Waals surface area contributed by atoms with Crippen molar-refractivity contribution in [2.75, 3.05) is 13.7 Å². The van der Waals surface area contributed by atoms with Crippen LogP contribution < -0.4 is 10.6 Å². The van der Waals surface area contributed by atoms with Gasteiger partial charge in [0.25, 0.3) is 0 Å². The Morgan fingerprint density at radius 2 is 2.16 bits per heavy atom. The zero-order valence-electron chi connectivity index (χ0n) is 14.8. The Morgan fingerprint density at radius 1 is 1.36 bits per heavy atom. The van der Waals surface area contributed by atoms with Gasteiger partial charge in [-0.05, 0) is 24.5 Å². The minimum atomic E-state index is -0.0797. The highest BCUT2D eigenvalue weighted by Gasteiger charge is 2.32. The molecule has 2 heterocycles. The Hall–Kier alpha value is -2.18. The molecule has 2 aromatic rings. The zero-order chi connectivity index (χ0) is 17.6. The molecule has 1 aliphatic rings. The number of benzene rings is 1. The molecule has 134 valence electrons. The van der Waals surface area contributed by atoms with Gasteiger partial charge in [0.2, 0.25) is 5.91 Å². The highest BCUT2D eigenvalue weighted by molar-refractivity contribution is 5.77. The molecule has 1 saturated heterocycles. The average Bonchev–Trinajstić information content (AvgIpc) is 3.03. The van der Waals surface area contributed by atoms with Crippen molar-refractivity contribution < 1.29 is 9.53 Å². The minimum absolute atomic E-state index is 0.0797. The van der Waals surface area contributed by atoms with Crippen molar-refractivity contribution >= 4 is 5.91 Å². The highest BCUT2D eigenvalue weighted by Crippen LogP contribution is 2.24. The van der Waals surface area contributed by atoms with E-state index in [0.29, 0.717) is 13.0 Å². The standard InChI is InChI=1S/C19H26N4O2/c1-23-17(10-11-20-23)19-16(8-9-18(24)22-19)21-15(13-25-2)12-14-6-4-3-5-7-14/h3-7,10-11,15-16,19,21H,8-9,12-13H2,1-2H3,(H,22,24)/t15-,16-,19-/m1/s1. The van der Waals surface area contributed by atoms with Crippen LogP contribution in [0.1, 0.15) is 30.1 Å². The van der Waals surface area contributed by atoms with Crippen LogP contribution in [0, 0.1) is 0 Å². The highest BCUT2D eigenvalue weighted by atomic mass is 16.5. The van der Waals surface area contributed by atoms with Gasteiger partial charge in [0, 0.05) is 38.9 Å². The van der Waals surface area contributed by atoms with Gasteiger partial charge < -0.3 is 15.4 Å². The Balaban J connectivity index is 1.74. The summed E-state index contributed by atoms with van der Waals surface area (Å²) in [5.41, 5.74) is 2.29. The van der Waals surface area contributed by atoms with E-state index in [0.717, 1.165) is 18.5 Å². The number of nitrogens with zero attached hydrogens (tertiary/aromatic N) is 2. The summed E-state index contributed by atoms with van der Waals surface area (Å²) in [4.78, 5) is 11.9. The third kappa shape index (κ3) is 4.46. The van der Waals surface area contributed by atoms with Crippen LogP contribution in [0.2, 0.25) is 0 Å². The Labute approximate surface area is 148 Å². The predicted molar refractivity (Wildman–Crippen MR) is 96.1 cm³/mol. The molecule has 25 heavy (non-hydrogen) atoms. The normalized spacial score (nSPS) is 21.8. The van der Waals surface area contributed by atoms with Crippen molar-refractivity contribution in [2.24, 2.45) is 7.05 Å². The van der Waals surface area contributed by atoms with Crippen molar-refractivity contribution in [2.45, 2.75) is 37.4 Å². The van der Waals surface area contributed by atoms with E-state index in [-0.39, 0.29) is 24.0 Å². The molecule has 0 unspecified atom stereocenters. The number of nitrogens with one attached hydrogen (secondary N) is 2. The van der Waals surface area contributed by atoms with Crippen molar-refractivity contribution in [3.63, 3.8) is 0 Å². The molecule has 1 aliphatic heterocycles. The second-order valence-corrected chi connectivity index (χ2v) is 6.58. The summed E-state index contributed by atoms with van der Waals surface area (Å²) in [6.45, 7) is 0.622. The zero-order valence-corrected chi connectivity index (χ0v) is 14.8. The minimum Gasteiger partial charge on any atom is -0.383 e. The third-order valence-electron chi connectivity index (χ3n) is 4.72. The van der Waals surface area contributed by atoms with Crippen LogP contribution in [0.25, 0.3) is 0 Å². The van der Waals surface area contributed by atoms with E-state index in [4.69, 9.17) is 4.74 Å². The molecule has 3 atom stereocenters. The number of hydrogen-bond acceptors (Lipinski definition) is 4. The van der Waals surface area contributed by atoms with E-state index in [1.807, 2.05) is 23.9 Å². The smallest absolute Gasteiger partial charge is 0.220 e. The first kappa shape index (κ1) is 17.6. The van der Waals surface area contributed by atoms with Gasteiger partial charge in [-0.1, -0.05) is 30.3 Å². The number of hydrogen-bond donors (Lipinski definition) is 2. The summed E-state index contributed by atoms with van der Waals surface area (Å²) in [6.07, 6.45) is 3.99. The van der Waals surface area contributed by atoms with Crippen LogP contribution >= 0.6 is 0 Å². The molecule has 2 N–H and O–H groups in total. The molecule has 6 heteroatoms. The van der Waals surface area contributed by atoms with Gasteiger partial charge in [0.15, 0.2) is 0 Å². The molecule has 6 nitrogen and oxygen atoms in total. The molecule has 0 bridgehead atoms. The van der Waals surface area contributed by atoms with Crippen LogP contribution in [-0.4, -0.2) is 41.5 Å². The first-order valence-electron chi connectivity index (χ1n) is 8.73. The second kappa shape index (κ2) is 8.27. The fourth-order valence-corrected chi connectivity index (χ4v) is 3.52. The first-order chi connectivity index (χ1) is 12.2. The van der Waals surface area contributed by atoms with Gasteiger partial charge in [0.05, 0.1) is 18.3 Å². The molecule has 0 radical (unpaired) electrons. The number of aromatic nitrogens is 2. The fourth-order valence-electron chi connectivity index (χ4n) is 3.52. The lowest BCUT2D eigenvalue weighted by Gasteiger charge is -2.35. The van der Waals surface area contributed by atoms with E-state index < -0.39 is 0 Å². The van der Waals surface area contributed by atoms with Crippen LogP contribution in [0.5, 0.6) is 0 Å². The molecule has 0 spiro atoms. The number of methoxy groups -OCH3 is 1. The van der Waals surface area contributed by atoms with Gasteiger partial charge in [-0.25, -0.2) is 0 Å². The van der Waals surface area contributed by atoms with Crippen LogP contribution in [-0.2, 0) is 23.0 Å². The van der Waals surface area contributed by atoms with Gasteiger partial charge in [-0.2, -0.15) is 5.10 Å². The number of carbonyl (C=O) groups is 1. The van der Waals surface area contributed by atoms with Gasteiger partial charge in [-0.3, -0.25) is 9.48 Å². The van der Waals surface area contributed by atoms with Crippen molar-refractivity contribution in [1.29, 1.82) is 0 Å².